The highest BCUT2D eigenvalue weighted by Crippen LogP contribution is 2.30. The average molecular weight is 437 g/mol. The largest absolute Gasteiger partial charge is 0.338 e. The first-order chi connectivity index (χ1) is 15.2. The molecule has 5 rings (SSSR count). The Kier molecular flexibility index (Phi) is 5.87. The summed E-state index contributed by atoms with van der Waals surface area (Å²) in [5, 5.41) is 4.13. The maximum absolute atomic E-state index is 13.0. The first-order valence-corrected chi connectivity index (χ1v) is 12.0. The Balaban J connectivity index is 1.16. The van der Waals surface area contributed by atoms with E-state index in [1.807, 2.05) is 29.2 Å². The van der Waals surface area contributed by atoms with Gasteiger partial charge in [-0.3, -0.25) is 9.69 Å². The monoisotopic (exact) mass is 436 g/mol. The van der Waals surface area contributed by atoms with E-state index in [0.717, 1.165) is 49.5 Å². The topological polar surface area (TPSA) is 62.5 Å². The Labute approximate surface area is 186 Å². The molecule has 2 aliphatic rings. The van der Waals surface area contributed by atoms with Crippen LogP contribution in [0, 0.1) is 6.92 Å². The van der Waals surface area contributed by atoms with Crippen LogP contribution in [0.4, 0.5) is 0 Å². The van der Waals surface area contributed by atoms with Crippen LogP contribution in [0.25, 0.3) is 11.4 Å². The van der Waals surface area contributed by atoms with Crippen LogP contribution < -0.4 is 0 Å². The number of aromatic nitrogens is 2. The average Bonchev–Trinajstić information content (AvgIpc) is 3.36. The minimum absolute atomic E-state index is 0.192. The van der Waals surface area contributed by atoms with E-state index in [9.17, 15) is 4.79 Å². The third-order valence-corrected chi connectivity index (χ3v) is 7.48. The summed E-state index contributed by atoms with van der Waals surface area (Å²) in [5.41, 5.74) is 3.58. The molecule has 1 aromatic carbocycles. The van der Waals surface area contributed by atoms with E-state index < -0.39 is 0 Å². The molecule has 162 valence electrons. The highest BCUT2D eigenvalue weighted by Gasteiger charge is 2.25. The molecule has 1 fully saturated rings. The molecule has 0 spiro atoms. The molecule has 0 radical (unpaired) electrons. The van der Waals surface area contributed by atoms with Crippen LogP contribution in [0.3, 0.4) is 0 Å². The van der Waals surface area contributed by atoms with Crippen LogP contribution >= 0.6 is 11.3 Å². The fourth-order valence-electron chi connectivity index (χ4n) is 4.37. The standard InChI is InChI=1S/C24H28N4O2S/c1-17-7-9-18(10-8-17)23-25-22(30-26-23)16-27-11-13-28(14-12-27)24(29)21-15-19-5-3-2-4-6-20(19)31-21/h7-10,15H,2-6,11-14,16H2,1H3. The minimum Gasteiger partial charge on any atom is -0.338 e. The summed E-state index contributed by atoms with van der Waals surface area (Å²) in [5.74, 6) is 1.44. The number of carbonyl (C=O) groups excluding carboxylic acids is 1. The Morgan fingerprint density at radius 3 is 2.65 bits per heavy atom. The third kappa shape index (κ3) is 4.57. The first kappa shape index (κ1) is 20.4. The molecule has 0 N–H and O–H groups in total. The van der Waals surface area contributed by atoms with Crippen molar-refractivity contribution in [2.45, 2.75) is 45.6 Å². The zero-order chi connectivity index (χ0) is 21.2. The van der Waals surface area contributed by atoms with E-state index in [1.54, 1.807) is 11.3 Å². The van der Waals surface area contributed by atoms with Crippen LogP contribution in [-0.4, -0.2) is 52.0 Å². The zero-order valence-corrected chi connectivity index (χ0v) is 18.8. The first-order valence-electron chi connectivity index (χ1n) is 11.2. The van der Waals surface area contributed by atoms with Crippen molar-refractivity contribution < 1.29 is 9.32 Å². The number of hydrogen-bond donors (Lipinski definition) is 0. The van der Waals surface area contributed by atoms with Crippen LogP contribution in [0.1, 0.15) is 50.8 Å². The van der Waals surface area contributed by atoms with Crippen LogP contribution in [-0.2, 0) is 19.4 Å². The summed E-state index contributed by atoms with van der Waals surface area (Å²) in [7, 11) is 0. The van der Waals surface area contributed by atoms with E-state index in [2.05, 4.69) is 28.0 Å². The Morgan fingerprint density at radius 1 is 1.06 bits per heavy atom. The molecular weight excluding hydrogens is 408 g/mol. The quantitative estimate of drug-likeness (QED) is 0.570. The number of piperazine rings is 1. The molecule has 0 unspecified atom stereocenters. The smallest absolute Gasteiger partial charge is 0.264 e. The lowest BCUT2D eigenvalue weighted by Crippen LogP contribution is -2.48. The number of carbonyl (C=O) groups is 1. The van der Waals surface area contributed by atoms with E-state index in [-0.39, 0.29) is 5.91 Å². The Hall–Kier alpha value is -2.51. The molecule has 0 bridgehead atoms. The second kappa shape index (κ2) is 8.93. The molecule has 7 heteroatoms. The van der Waals surface area contributed by atoms with E-state index >= 15 is 0 Å². The second-order valence-electron chi connectivity index (χ2n) is 8.57. The van der Waals surface area contributed by atoms with Gasteiger partial charge in [0, 0.05) is 36.6 Å². The van der Waals surface area contributed by atoms with Gasteiger partial charge >= 0.3 is 0 Å². The molecule has 0 atom stereocenters. The summed E-state index contributed by atoms with van der Waals surface area (Å²) in [6, 6.07) is 10.3. The van der Waals surface area contributed by atoms with Crippen LogP contribution in [0.5, 0.6) is 0 Å². The van der Waals surface area contributed by atoms with E-state index in [1.165, 1.54) is 35.3 Å². The zero-order valence-electron chi connectivity index (χ0n) is 18.0. The van der Waals surface area contributed by atoms with Crippen molar-refractivity contribution in [1.82, 2.24) is 19.9 Å². The molecular formula is C24H28N4O2S. The fraction of sp³-hybridized carbons (Fsp3) is 0.458. The van der Waals surface area contributed by atoms with Crippen molar-refractivity contribution in [3.63, 3.8) is 0 Å². The maximum Gasteiger partial charge on any atom is 0.264 e. The molecule has 1 aliphatic carbocycles. The summed E-state index contributed by atoms with van der Waals surface area (Å²) in [6.45, 7) is 5.79. The number of amides is 1. The molecule has 6 nitrogen and oxygen atoms in total. The molecule has 31 heavy (non-hydrogen) atoms. The van der Waals surface area contributed by atoms with Gasteiger partial charge < -0.3 is 9.42 Å². The Bertz CT molecular complexity index is 1020. The van der Waals surface area contributed by atoms with Gasteiger partial charge in [-0.25, -0.2) is 0 Å². The van der Waals surface area contributed by atoms with Crippen molar-refractivity contribution in [1.29, 1.82) is 0 Å². The van der Waals surface area contributed by atoms with Crippen molar-refractivity contribution in [3.8, 4) is 11.4 Å². The van der Waals surface area contributed by atoms with Gasteiger partial charge in [0.15, 0.2) is 0 Å². The minimum atomic E-state index is 0.192. The molecule has 1 aliphatic heterocycles. The van der Waals surface area contributed by atoms with Crippen molar-refractivity contribution in [2.24, 2.45) is 0 Å². The molecule has 0 saturated carbocycles. The van der Waals surface area contributed by atoms with Crippen molar-refractivity contribution in [2.75, 3.05) is 26.2 Å². The lowest BCUT2D eigenvalue weighted by Gasteiger charge is -2.33. The van der Waals surface area contributed by atoms with Crippen LogP contribution in [0.2, 0.25) is 0 Å². The number of benzene rings is 1. The molecule has 1 amide bonds. The van der Waals surface area contributed by atoms with Gasteiger partial charge in [0.1, 0.15) is 0 Å². The Morgan fingerprint density at radius 2 is 1.84 bits per heavy atom. The van der Waals surface area contributed by atoms with E-state index in [0.29, 0.717) is 18.3 Å². The number of hydrogen-bond acceptors (Lipinski definition) is 6. The summed E-state index contributed by atoms with van der Waals surface area (Å²) in [4.78, 5) is 24.2. The SMILES string of the molecule is Cc1ccc(-c2noc(CN3CCN(C(=O)c4cc5c(s4)CCCCC5)CC3)n2)cc1. The maximum atomic E-state index is 13.0. The van der Waals surface area contributed by atoms with Crippen molar-refractivity contribution >= 4 is 17.2 Å². The highest BCUT2D eigenvalue weighted by molar-refractivity contribution is 7.14. The van der Waals surface area contributed by atoms with Gasteiger partial charge in [-0.1, -0.05) is 41.4 Å². The predicted octanol–water partition coefficient (Wildman–Crippen LogP) is 4.33. The van der Waals surface area contributed by atoms with Gasteiger partial charge in [0.25, 0.3) is 5.91 Å². The summed E-state index contributed by atoms with van der Waals surface area (Å²) in [6.07, 6.45) is 6.06. The molecule has 3 aromatic rings. The number of nitrogens with zero attached hydrogens (tertiary/aromatic N) is 4. The van der Waals surface area contributed by atoms with E-state index in [4.69, 9.17) is 4.52 Å². The highest BCUT2D eigenvalue weighted by atomic mass is 32.1. The fourth-order valence-corrected chi connectivity index (χ4v) is 5.59. The summed E-state index contributed by atoms with van der Waals surface area (Å²) >= 11 is 1.72. The van der Waals surface area contributed by atoms with Gasteiger partial charge in [-0.05, 0) is 44.2 Å². The van der Waals surface area contributed by atoms with Gasteiger partial charge in [0.05, 0.1) is 11.4 Å². The lowest BCUT2D eigenvalue weighted by molar-refractivity contribution is 0.0619. The van der Waals surface area contributed by atoms with Crippen LogP contribution in [0.15, 0.2) is 34.9 Å². The number of fused-ring (bicyclic) bond motifs is 1. The summed E-state index contributed by atoms with van der Waals surface area (Å²) < 4.78 is 5.47. The number of aryl methyl sites for hydroxylation is 3. The van der Waals surface area contributed by atoms with Gasteiger partial charge in [0.2, 0.25) is 11.7 Å². The predicted molar refractivity (Wildman–Crippen MR) is 121 cm³/mol. The molecule has 3 heterocycles. The van der Waals surface area contributed by atoms with Crippen molar-refractivity contribution in [3.05, 3.63) is 57.1 Å². The second-order valence-corrected chi connectivity index (χ2v) is 9.70. The molecule has 1 saturated heterocycles. The lowest BCUT2D eigenvalue weighted by atomic mass is 10.1. The number of thiophene rings is 1. The third-order valence-electron chi connectivity index (χ3n) is 6.25. The van der Waals surface area contributed by atoms with Gasteiger partial charge in [-0.2, -0.15) is 4.98 Å². The molecule has 2 aromatic heterocycles. The normalized spacial score (nSPS) is 17.4. The number of rotatable bonds is 4. The van der Waals surface area contributed by atoms with Gasteiger partial charge in [-0.15, -0.1) is 11.3 Å².